The van der Waals surface area contributed by atoms with Crippen molar-refractivity contribution in [1.29, 1.82) is 0 Å². The van der Waals surface area contributed by atoms with Crippen molar-refractivity contribution in [1.82, 2.24) is 0 Å². The molecule has 1 aromatic carbocycles. The topological polar surface area (TPSA) is 55.1 Å². The lowest BCUT2D eigenvalue weighted by molar-refractivity contribution is -0.108. The first-order valence-electron chi connectivity index (χ1n) is 4.38. The number of rotatable bonds is 2. The van der Waals surface area contributed by atoms with Crippen LogP contribution >= 0.6 is 0 Å². The van der Waals surface area contributed by atoms with Gasteiger partial charge in [0.05, 0.1) is 0 Å². The predicted molar refractivity (Wildman–Crippen MR) is 52.8 cm³/mol. The molecular weight excluding hydrogens is 164 g/mol. The van der Waals surface area contributed by atoms with E-state index in [0.717, 1.165) is 24.2 Å². The van der Waals surface area contributed by atoms with Gasteiger partial charge in [0.2, 0.25) is 0 Å². The Morgan fingerprint density at radius 2 is 2.46 bits per heavy atom. The van der Waals surface area contributed by atoms with E-state index in [9.17, 15) is 4.79 Å². The van der Waals surface area contributed by atoms with E-state index >= 15 is 0 Å². The highest BCUT2D eigenvalue weighted by atomic mass is 16.1. The van der Waals surface area contributed by atoms with Gasteiger partial charge in [-0.3, -0.25) is 0 Å². The molecule has 1 heterocycles. The molecule has 3 N–H and O–H groups in total. The first kappa shape index (κ1) is 8.10. The monoisotopic (exact) mass is 176 g/mol. The maximum atomic E-state index is 10.4. The molecule has 1 aliphatic rings. The maximum Gasteiger partial charge on any atom is 0.120 e. The third-order valence-corrected chi connectivity index (χ3v) is 2.44. The summed E-state index contributed by atoms with van der Waals surface area (Å²) in [4.78, 5) is 10.4. The largest absolute Gasteiger partial charge is 0.399 e. The summed E-state index contributed by atoms with van der Waals surface area (Å²) in [6.07, 6.45) is 1.56. The van der Waals surface area contributed by atoms with Gasteiger partial charge in [0.15, 0.2) is 0 Å². The zero-order valence-corrected chi connectivity index (χ0v) is 7.29. The molecule has 0 aliphatic carbocycles. The highest BCUT2D eigenvalue weighted by molar-refractivity contribution is 5.66. The molecule has 1 aromatic rings. The smallest absolute Gasteiger partial charge is 0.120 e. The Labute approximate surface area is 76.9 Å². The van der Waals surface area contributed by atoms with E-state index in [1.165, 1.54) is 5.56 Å². The zero-order valence-electron chi connectivity index (χ0n) is 7.29. The Morgan fingerprint density at radius 3 is 3.23 bits per heavy atom. The lowest BCUT2D eigenvalue weighted by Crippen LogP contribution is -2.01. The summed E-state index contributed by atoms with van der Waals surface area (Å²) < 4.78 is 0. The van der Waals surface area contributed by atoms with Gasteiger partial charge in [-0.05, 0) is 17.7 Å². The van der Waals surface area contributed by atoms with E-state index < -0.39 is 0 Å². The Bertz CT molecular complexity index is 336. The summed E-state index contributed by atoms with van der Waals surface area (Å²) in [6, 6.07) is 5.79. The average Bonchev–Trinajstić information content (AvgIpc) is 2.49. The minimum absolute atomic E-state index is 0.327. The molecule has 0 spiro atoms. The van der Waals surface area contributed by atoms with Crippen LogP contribution in [0.1, 0.15) is 17.9 Å². The Hall–Kier alpha value is -1.51. The van der Waals surface area contributed by atoms with Gasteiger partial charge in [0.1, 0.15) is 6.29 Å². The van der Waals surface area contributed by atoms with Crippen LogP contribution in [0.25, 0.3) is 0 Å². The highest BCUT2D eigenvalue weighted by Crippen LogP contribution is 2.34. The second-order valence-electron chi connectivity index (χ2n) is 3.33. The van der Waals surface area contributed by atoms with Crippen LogP contribution in [-0.4, -0.2) is 12.8 Å². The van der Waals surface area contributed by atoms with Gasteiger partial charge in [0.25, 0.3) is 0 Å². The number of nitrogens with one attached hydrogen (secondary N) is 1. The van der Waals surface area contributed by atoms with E-state index in [1.54, 1.807) is 0 Å². The molecule has 3 nitrogen and oxygen atoms in total. The fraction of sp³-hybridized carbons (Fsp3) is 0.300. The van der Waals surface area contributed by atoms with Crippen molar-refractivity contribution in [3.63, 3.8) is 0 Å². The standard InChI is InChI=1S/C10H12N2O/c11-8-1-2-9-7(3-4-13)6-12-10(9)5-8/h1-2,4-5,7,12H,3,6,11H2. The van der Waals surface area contributed by atoms with Crippen LogP contribution in [0.3, 0.4) is 0 Å². The van der Waals surface area contributed by atoms with Crippen LogP contribution in [0.15, 0.2) is 18.2 Å². The normalized spacial score (nSPS) is 19.2. The molecule has 3 heteroatoms. The lowest BCUT2D eigenvalue weighted by atomic mass is 9.98. The minimum atomic E-state index is 0.327. The molecule has 1 atom stereocenters. The number of hydrogen-bond donors (Lipinski definition) is 2. The number of hydrogen-bond acceptors (Lipinski definition) is 3. The average molecular weight is 176 g/mol. The van der Waals surface area contributed by atoms with Crippen molar-refractivity contribution in [2.75, 3.05) is 17.6 Å². The number of nitrogen functional groups attached to an aromatic ring is 1. The van der Waals surface area contributed by atoms with Crippen molar-refractivity contribution in [3.8, 4) is 0 Å². The lowest BCUT2D eigenvalue weighted by Gasteiger charge is -2.04. The fourth-order valence-corrected chi connectivity index (χ4v) is 1.75. The van der Waals surface area contributed by atoms with Crippen molar-refractivity contribution in [3.05, 3.63) is 23.8 Å². The van der Waals surface area contributed by atoms with E-state index in [4.69, 9.17) is 5.73 Å². The molecule has 0 aromatic heterocycles. The summed E-state index contributed by atoms with van der Waals surface area (Å²) in [6.45, 7) is 0.845. The van der Waals surface area contributed by atoms with Crippen molar-refractivity contribution in [2.45, 2.75) is 12.3 Å². The second kappa shape index (κ2) is 3.09. The molecular formula is C10H12N2O. The van der Waals surface area contributed by atoms with Gasteiger partial charge in [-0.15, -0.1) is 0 Å². The summed E-state index contributed by atoms with van der Waals surface area (Å²) in [5.74, 6) is 0.327. The molecule has 0 saturated carbocycles. The molecule has 0 fully saturated rings. The van der Waals surface area contributed by atoms with Crippen LogP contribution in [0.5, 0.6) is 0 Å². The summed E-state index contributed by atoms with van der Waals surface area (Å²) >= 11 is 0. The number of carbonyl (C=O) groups is 1. The SMILES string of the molecule is Nc1ccc2c(c1)NCC2CC=O. The van der Waals surface area contributed by atoms with Gasteiger partial charge >= 0.3 is 0 Å². The Kier molecular flexibility index (Phi) is 1.93. The van der Waals surface area contributed by atoms with Crippen LogP contribution < -0.4 is 11.1 Å². The summed E-state index contributed by atoms with van der Waals surface area (Å²) in [7, 11) is 0. The second-order valence-corrected chi connectivity index (χ2v) is 3.33. The van der Waals surface area contributed by atoms with Crippen LogP contribution in [0.2, 0.25) is 0 Å². The van der Waals surface area contributed by atoms with E-state index in [-0.39, 0.29) is 0 Å². The van der Waals surface area contributed by atoms with Gasteiger partial charge in [0, 0.05) is 30.3 Å². The van der Waals surface area contributed by atoms with Gasteiger partial charge in [-0.25, -0.2) is 0 Å². The quantitative estimate of drug-likeness (QED) is 0.528. The van der Waals surface area contributed by atoms with Crippen molar-refractivity contribution >= 4 is 17.7 Å². The van der Waals surface area contributed by atoms with Crippen LogP contribution in [0.4, 0.5) is 11.4 Å². The molecule has 13 heavy (non-hydrogen) atoms. The number of carbonyl (C=O) groups excluding carboxylic acids is 1. The number of anilines is 2. The third kappa shape index (κ3) is 1.37. The van der Waals surface area contributed by atoms with Crippen molar-refractivity contribution in [2.24, 2.45) is 0 Å². The van der Waals surface area contributed by atoms with E-state index in [1.807, 2.05) is 18.2 Å². The third-order valence-electron chi connectivity index (χ3n) is 2.44. The van der Waals surface area contributed by atoms with Gasteiger partial charge in [-0.2, -0.15) is 0 Å². The maximum absolute atomic E-state index is 10.4. The Morgan fingerprint density at radius 1 is 1.62 bits per heavy atom. The molecule has 1 unspecified atom stereocenters. The molecule has 68 valence electrons. The molecule has 0 amide bonds. The number of nitrogens with two attached hydrogens (primary N) is 1. The van der Waals surface area contributed by atoms with Crippen molar-refractivity contribution < 1.29 is 4.79 Å². The number of benzene rings is 1. The fourth-order valence-electron chi connectivity index (χ4n) is 1.75. The number of aldehydes is 1. The molecule has 2 rings (SSSR count). The molecule has 1 aliphatic heterocycles. The van der Waals surface area contributed by atoms with E-state index in [0.29, 0.717) is 12.3 Å². The molecule has 0 radical (unpaired) electrons. The molecule has 0 saturated heterocycles. The Balaban J connectivity index is 2.32. The minimum Gasteiger partial charge on any atom is -0.399 e. The van der Waals surface area contributed by atoms with Gasteiger partial charge in [-0.1, -0.05) is 6.07 Å². The first-order chi connectivity index (χ1) is 6.31. The van der Waals surface area contributed by atoms with Gasteiger partial charge < -0.3 is 15.8 Å². The van der Waals surface area contributed by atoms with Crippen LogP contribution in [-0.2, 0) is 4.79 Å². The predicted octanol–water partition coefficient (Wildman–Crippen LogP) is 1.37. The molecule has 0 bridgehead atoms. The highest BCUT2D eigenvalue weighted by Gasteiger charge is 2.21. The zero-order chi connectivity index (χ0) is 9.26. The van der Waals surface area contributed by atoms with Crippen LogP contribution in [0, 0.1) is 0 Å². The first-order valence-corrected chi connectivity index (χ1v) is 4.38. The van der Waals surface area contributed by atoms with E-state index in [2.05, 4.69) is 5.32 Å². The summed E-state index contributed by atoms with van der Waals surface area (Å²) in [5.41, 5.74) is 8.69. The number of fused-ring (bicyclic) bond motifs is 1. The summed E-state index contributed by atoms with van der Waals surface area (Å²) in [5, 5.41) is 3.24.